The number of nitrogens with zero attached hydrogens (tertiary/aromatic N) is 2. The first-order valence-corrected chi connectivity index (χ1v) is 9.23. The van der Waals surface area contributed by atoms with Gasteiger partial charge in [-0.2, -0.15) is 4.31 Å². The zero-order valence-electron chi connectivity index (χ0n) is 12.1. The first kappa shape index (κ1) is 19.7. The zero-order chi connectivity index (χ0) is 15.6. The molecule has 1 atom stereocenters. The zero-order valence-corrected chi connectivity index (χ0v) is 15.3. The van der Waals surface area contributed by atoms with Gasteiger partial charge in [0, 0.05) is 38.6 Å². The van der Waals surface area contributed by atoms with Crippen LogP contribution in [-0.2, 0) is 14.8 Å². The maximum absolute atomic E-state index is 12.4. The largest absolute Gasteiger partial charge is 0.340 e. The number of halogens is 2. The van der Waals surface area contributed by atoms with Crippen LogP contribution in [-0.4, -0.2) is 55.8 Å². The third-order valence-corrected chi connectivity index (χ3v) is 6.83. The number of sulfonamides is 1. The molecule has 1 aliphatic heterocycles. The molecule has 1 saturated heterocycles. The highest BCUT2D eigenvalue weighted by Gasteiger charge is 2.31. The van der Waals surface area contributed by atoms with E-state index < -0.39 is 10.0 Å². The van der Waals surface area contributed by atoms with Gasteiger partial charge in [0.2, 0.25) is 5.91 Å². The molecule has 1 unspecified atom stereocenters. The molecule has 1 fully saturated rings. The summed E-state index contributed by atoms with van der Waals surface area (Å²) in [6, 6.07) is 2.89. The Bertz CT molecular complexity index is 611. The molecule has 126 valence electrons. The van der Waals surface area contributed by atoms with Crippen molar-refractivity contribution in [3.05, 3.63) is 16.5 Å². The smallest absolute Gasteiger partial charge is 0.252 e. The monoisotopic (exact) mass is 387 g/mol. The summed E-state index contributed by atoms with van der Waals surface area (Å²) in [7, 11) is -3.51. The van der Waals surface area contributed by atoms with Gasteiger partial charge in [-0.3, -0.25) is 4.79 Å². The van der Waals surface area contributed by atoms with Gasteiger partial charge < -0.3 is 10.6 Å². The molecule has 1 aliphatic rings. The van der Waals surface area contributed by atoms with E-state index in [9.17, 15) is 13.2 Å². The molecule has 1 aromatic heterocycles. The molecule has 2 heterocycles. The van der Waals surface area contributed by atoms with Crippen LogP contribution in [0.2, 0.25) is 4.34 Å². The number of piperazine rings is 1. The van der Waals surface area contributed by atoms with Crippen LogP contribution in [0.1, 0.15) is 13.3 Å². The number of hydrogen-bond acceptors (Lipinski definition) is 5. The lowest BCUT2D eigenvalue weighted by Gasteiger charge is -2.34. The summed E-state index contributed by atoms with van der Waals surface area (Å²) in [5.41, 5.74) is 5.61. The lowest BCUT2D eigenvalue weighted by Crippen LogP contribution is -2.51. The summed E-state index contributed by atoms with van der Waals surface area (Å²) >= 11 is 6.83. The van der Waals surface area contributed by atoms with Gasteiger partial charge >= 0.3 is 0 Å². The summed E-state index contributed by atoms with van der Waals surface area (Å²) in [5, 5.41) is 0. The molecule has 0 saturated carbocycles. The van der Waals surface area contributed by atoms with Crippen LogP contribution in [0.4, 0.5) is 0 Å². The minimum atomic E-state index is -3.51. The van der Waals surface area contributed by atoms with Crippen LogP contribution >= 0.6 is 35.3 Å². The standard InChI is InChI=1S/C12H18ClN3O3S2.ClH/c1-9(14)8-11(17)15-4-6-16(7-5-15)21(18,19)12-3-2-10(13)20-12;/h2-3,9H,4-8,14H2,1H3;1H. The van der Waals surface area contributed by atoms with Crippen molar-refractivity contribution in [1.29, 1.82) is 0 Å². The number of amides is 1. The normalized spacial score (nSPS) is 17.9. The van der Waals surface area contributed by atoms with Crippen molar-refractivity contribution < 1.29 is 13.2 Å². The highest BCUT2D eigenvalue weighted by Crippen LogP contribution is 2.28. The SMILES string of the molecule is CC(N)CC(=O)N1CCN(S(=O)(=O)c2ccc(Cl)s2)CC1.Cl. The Hall–Kier alpha value is -0.380. The fraction of sp³-hybridized carbons (Fsp3) is 0.583. The number of carbonyl (C=O) groups is 1. The maximum Gasteiger partial charge on any atom is 0.252 e. The van der Waals surface area contributed by atoms with Crippen LogP contribution in [0.15, 0.2) is 16.3 Å². The minimum Gasteiger partial charge on any atom is -0.340 e. The maximum atomic E-state index is 12.4. The van der Waals surface area contributed by atoms with E-state index in [2.05, 4.69) is 0 Å². The first-order chi connectivity index (χ1) is 9.80. The predicted molar refractivity (Wildman–Crippen MR) is 90.2 cm³/mol. The molecule has 0 spiro atoms. The van der Waals surface area contributed by atoms with Crippen LogP contribution in [0.3, 0.4) is 0 Å². The molecule has 10 heteroatoms. The van der Waals surface area contributed by atoms with Crippen molar-refractivity contribution in [3.8, 4) is 0 Å². The fourth-order valence-corrected chi connectivity index (χ4v) is 5.21. The second-order valence-electron chi connectivity index (χ2n) is 5.02. The van der Waals surface area contributed by atoms with Gasteiger partial charge in [-0.15, -0.1) is 23.7 Å². The van der Waals surface area contributed by atoms with Crippen molar-refractivity contribution in [3.63, 3.8) is 0 Å². The van der Waals surface area contributed by atoms with E-state index in [4.69, 9.17) is 17.3 Å². The van der Waals surface area contributed by atoms with Gasteiger partial charge in [0.15, 0.2) is 0 Å². The van der Waals surface area contributed by atoms with Gasteiger partial charge in [-0.05, 0) is 19.1 Å². The molecular weight excluding hydrogens is 369 g/mol. The molecule has 6 nitrogen and oxygen atoms in total. The highest BCUT2D eigenvalue weighted by atomic mass is 35.5. The van der Waals surface area contributed by atoms with Crippen LogP contribution in [0, 0.1) is 0 Å². The summed E-state index contributed by atoms with van der Waals surface area (Å²) in [5.74, 6) is -0.0267. The Labute approximate surface area is 145 Å². The van der Waals surface area contributed by atoms with E-state index in [1.54, 1.807) is 17.9 Å². The third-order valence-electron chi connectivity index (χ3n) is 3.23. The van der Waals surface area contributed by atoms with Gasteiger partial charge in [0.25, 0.3) is 10.0 Å². The number of hydrogen-bond donors (Lipinski definition) is 1. The van der Waals surface area contributed by atoms with Crippen LogP contribution in [0.5, 0.6) is 0 Å². The number of nitrogens with two attached hydrogens (primary N) is 1. The Kier molecular flexibility index (Phi) is 7.10. The van der Waals surface area contributed by atoms with Crippen molar-refractivity contribution in [2.75, 3.05) is 26.2 Å². The summed E-state index contributed by atoms with van der Waals surface area (Å²) in [6.07, 6.45) is 0.285. The Morgan fingerprint density at radius 3 is 2.41 bits per heavy atom. The Morgan fingerprint density at radius 2 is 1.95 bits per heavy atom. The van der Waals surface area contributed by atoms with E-state index in [-0.39, 0.29) is 35.0 Å². The van der Waals surface area contributed by atoms with E-state index >= 15 is 0 Å². The second kappa shape index (κ2) is 7.94. The molecule has 2 N–H and O–H groups in total. The molecule has 1 amide bonds. The Morgan fingerprint density at radius 1 is 1.36 bits per heavy atom. The van der Waals surface area contributed by atoms with Crippen molar-refractivity contribution in [2.24, 2.45) is 5.73 Å². The number of carbonyl (C=O) groups excluding carboxylic acids is 1. The topological polar surface area (TPSA) is 83.7 Å². The summed E-state index contributed by atoms with van der Waals surface area (Å²) in [6.45, 7) is 3.15. The van der Waals surface area contributed by atoms with E-state index in [0.29, 0.717) is 30.5 Å². The molecule has 22 heavy (non-hydrogen) atoms. The first-order valence-electron chi connectivity index (χ1n) is 6.59. The summed E-state index contributed by atoms with van der Waals surface area (Å²) < 4.78 is 26.9. The van der Waals surface area contributed by atoms with Crippen LogP contribution < -0.4 is 5.73 Å². The molecule has 2 rings (SSSR count). The van der Waals surface area contributed by atoms with Crippen molar-refractivity contribution >= 4 is 51.3 Å². The van der Waals surface area contributed by atoms with Gasteiger partial charge in [-0.1, -0.05) is 11.6 Å². The van der Waals surface area contributed by atoms with Gasteiger partial charge in [-0.25, -0.2) is 8.42 Å². The van der Waals surface area contributed by atoms with E-state index in [1.165, 1.54) is 10.4 Å². The van der Waals surface area contributed by atoms with Crippen molar-refractivity contribution in [1.82, 2.24) is 9.21 Å². The molecule has 1 aromatic rings. The predicted octanol–water partition coefficient (Wildman–Crippen LogP) is 1.39. The molecule has 0 bridgehead atoms. The van der Waals surface area contributed by atoms with Gasteiger partial charge in [0.1, 0.15) is 4.21 Å². The van der Waals surface area contributed by atoms with Gasteiger partial charge in [0.05, 0.1) is 4.34 Å². The van der Waals surface area contributed by atoms with Crippen LogP contribution in [0.25, 0.3) is 0 Å². The number of thiophene rings is 1. The molecule has 0 aliphatic carbocycles. The fourth-order valence-electron chi connectivity index (χ4n) is 2.15. The minimum absolute atomic E-state index is 0. The quantitative estimate of drug-likeness (QED) is 0.845. The molecule has 0 aromatic carbocycles. The number of rotatable bonds is 4. The molecule has 0 radical (unpaired) electrons. The average molecular weight is 388 g/mol. The summed E-state index contributed by atoms with van der Waals surface area (Å²) in [4.78, 5) is 13.6. The third kappa shape index (κ3) is 4.56. The van der Waals surface area contributed by atoms with Crippen molar-refractivity contribution in [2.45, 2.75) is 23.6 Å². The molecular formula is C12H19Cl2N3O3S2. The lowest BCUT2D eigenvalue weighted by atomic mass is 10.2. The second-order valence-corrected chi connectivity index (χ2v) is 8.90. The Balaban J connectivity index is 0.00000242. The lowest BCUT2D eigenvalue weighted by molar-refractivity contribution is -0.132. The van der Waals surface area contributed by atoms with E-state index in [1.807, 2.05) is 0 Å². The van der Waals surface area contributed by atoms with E-state index in [0.717, 1.165) is 11.3 Å². The average Bonchev–Trinajstić information content (AvgIpc) is 2.85. The highest BCUT2D eigenvalue weighted by molar-refractivity contribution is 7.91.